The number of sulfonamides is 1. The number of ketones is 1. The van der Waals surface area contributed by atoms with Crippen LogP contribution in [-0.4, -0.2) is 37.9 Å². The lowest BCUT2D eigenvalue weighted by atomic mass is 10.1. The molecule has 0 spiro atoms. The Balaban J connectivity index is 1.58. The van der Waals surface area contributed by atoms with Crippen LogP contribution in [0.5, 0.6) is 0 Å². The van der Waals surface area contributed by atoms with Gasteiger partial charge in [-0.25, -0.2) is 17.6 Å². The van der Waals surface area contributed by atoms with Crippen LogP contribution in [0.15, 0.2) is 90.3 Å². The number of alkyl halides is 3. The van der Waals surface area contributed by atoms with E-state index in [2.05, 4.69) is 6.58 Å². The van der Waals surface area contributed by atoms with Crippen molar-refractivity contribution in [1.29, 1.82) is 0 Å². The van der Waals surface area contributed by atoms with Crippen molar-refractivity contribution in [3.05, 3.63) is 124 Å². The molecule has 0 unspecified atom stereocenters. The second-order valence-electron chi connectivity index (χ2n) is 9.61. The van der Waals surface area contributed by atoms with Crippen LogP contribution in [0.3, 0.4) is 0 Å². The highest BCUT2D eigenvalue weighted by atomic mass is 35.5. The third-order valence-electron chi connectivity index (χ3n) is 6.64. The molecule has 0 aliphatic carbocycles. The monoisotopic (exact) mass is 648 g/mol. The van der Waals surface area contributed by atoms with Gasteiger partial charge in [0.25, 0.3) is 10.0 Å². The third-order valence-corrected chi connectivity index (χ3v) is 8.92. The largest absolute Gasteiger partial charge is 0.454 e. The van der Waals surface area contributed by atoms with E-state index in [-0.39, 0.29) is 21.8 Å². The molecule has 13 heteroatoms. The molecule has 0 saturated carbocycles. The summed E-state index contributed by atoms with van der Waals surface area (Å²) >= 11 is 6.18. The summed E-state index contributed by atoms with van der Waals surface area (Å²) in [4.78, 5) is 25.3. The summed E-state index contributed by atoms with van der Waals surface area (Å²) in [5.74, 6) is -1.99. The first-order chi connectivity index (χ1) is 20.6. The van der Waals surface area contributed by atoms with Crippen LogP contribution in [0.4, 0.5) is 23.2 Å². The van der Waals surface area contributed by atoms with Crippen LogP contribution in [0.1, 0.15) is 37.7 Å². The molecule has 0 aliphatic rings. The molecule has 0 bridgehead atoms. The molecule has 0 N–H and O–H groups in total. The molecule has 1 heterocycles. The quantitative estimate of drug-likeness (QED) is 0.0778. The first-order valence-corrected chi connectivity index (χ1v) is 14.7. The van der Waals surface area contributed by atoms with Crippen molar-refractivity contribution in [3.8, 4) is 5.69 Å². The summed E-state index contributed by atoms with van der Waals surface area (Å²) < 4.78 is 88.2. The van der Waals surface area contributed by atoms with Gasteiger partial charge in [-0.05, 0) is 80.6 Å². The summed E-state index contributed by atoms with van der Waals surface area (Å²) in [7, 11) is -4.61. The van der Waals surface area contributed by atoms with Crippen LogP contribution >= 0.6 is 11.6 Å². The number of carbonyl (C=O) groups excluding carboxylic acids is 2. The van der Waals surface area contributed by atoms with E-state index in [4.69, 9.17) is 16.3 Å². The zero-order valence-electron chi connectivity index (χ0n) is 23.4. The summed E-state index contributed by atoms with van der Waals surface area (Å²) in [6.45, 7) is 5.84. The number of anilines is 1. The Morgan fingerprint density at radius 2 is 1.70 bits per heavy atom. The SMILES string of the molecule is C=CCN(c1cccc(C(F)(F)F)c1)S(=O)(=O)c1cc(C(=O)OCC(=O)c2cc(C)n(-c3ccc(F)cc3)c2C)ccc1Cl. The van der Waals surface area contributed by atoms with E-state index in [1.165, 1.54) is 30.3 Å². The van der Waals surface area contributed by atoms with Gasteiger partial charge in [0, 0.05) is 22.6 Å². The van der Waals surface area contributed by atoms with E-state index in [9.17, 15) is 35.6 Å². The Morgan fingerprint density at radius 3 is 2.34 bits per heavy atom. The molecule has 230 valence electrons. The van der Waals surface area contributed by atoms with Gasteiger partial charge in [0.05, 0.1) is 28.4 Å². The van der Waals surface area contributed by atoms with Crippen LogP contribution in [-0.2, 0) is 20.9 Å². The van der Waals surface area contributed by atoms with E-state index in [1.807, 2.05) is 0 Å². The summed E-state index contributed by atoms with van der Waals surface area (Å²) in [6.07, 6.45) is -3.54. The van der Waals surface area contributed by atoms with Crippen molar-refractivity contribution in [3.63, 3.8) is 0 Å². The lowest BCUT2D eigenvalue weighted by molar-refractivity contribution is -0.137. The Kier molecular flexibility index (Phi) is 9.36. The number of ether oxygens (including phenoxy) is 1. The molecule has 3 aromatic carbocycles. The number of nitrogens with zero attached hydrogens (tertiary/aromatic N) is 2. The van der Waals surface area contributed by atoms with Gasteiger partial charge in [-0.1, -0.05) is 23.7 Å². The zero-order valence-corrected chi connectivity index (χ0v) is 24.9. The second kappa shape index (κ2) is 12.7. The van der Waals surface area contributed by atoms with Crippen molar-refractivity contribution in [2.75, 3.05) is 17.5 Å². The highest BCUT2D eigenvalue weighted by Gasteiger charge is 2.33. The number of aryl methyl sites for hydroxylation is 1. The third kappa shape index (κ3) is 6.71. The molecule has 7 nitrogen and oxygen atoms in total. The van der Waals surface area contributed by atoms with E-state index in [1.54, 1.807) is 36.6 Å². The second-order valence-corrected chi connectivity index (χ2v) is 11.9. The fourth-order valence-corrected chi connectivity index (χ4v) is 6.50. The molecule has 1 aromatic heterocycles. The predicted molar refractivity (Wildman–Crippen MR) is 157 cm³/mol. The fourth-order valence-electron chi connectivity index (χ4n) is 4.57. The Bertz CT molecular complexity index is 1850. The van der Waals surface area contributed by atoms with E-state index >= 15 is 0 Å². The van der Waals surface area contributed by atoms with Crippen LogP contribution < -0.4 is 4.31 Å². The van der Waals surface area contributed by atoms with Crippen molar-refractivity contribution in [2.45, 2.75) is 24.9 Å². The van der Waals surface area contributed by atoms with Gasteiger partial charge in [-0.2, -0.15) is 13.2 Å². The molecule has 0 saturated heterocycles. The highest BCUT2D eigenvalue weighted by molar-refractivity contribution is 7.93. The lowest BCUT2D eigenvalue weighted by Crippen LogP contribution is -2.32. The first-order valence-electron chi connectivity index (χ1n) is 12.9. The van der Waals surface area contributed by atoms with E-state index in [0.717, 1.165) is 24.3 Å². The standard InChI is InChI=1S/C31H25ClF4N2O5S/c1-4-14-37(25-7-5-6-22(17-25)31(34,35)36)44(41,42)29-16-21(8-13-27(29)32)30(40)43-18-28(39)26-15-19(2)38(20(26)3)24-11-9-23(33)10-12-24/h4-13,15-17H,1,14,18H2,2-3H3. The summed E-state index contributed by atoms with van der Waals surface area (Å²) in [5.41, 5.74) is 0.481. The molecule has 0 aliphatic heterocycles. The summed E-state index contributed by atoms with van der Waals surface area (Å²) in [5, 5.41) is -0.299. The fraction of sp³-hybridized carbons (Fsp3) is 0.161. The van der Waals surface area contributed by atoms with Gasteiger partial charge in [-0.15, -0.1) is 6.58 Å². The Hall–Kier alpha value is -4.42. The minimum atomic E-state index is -4.72. The van der Waals surface area contributed by atoms with Crippen molar-refractivity contribution >= 4 is 39.1 Å². The smallest absolute Gasteiger partial charge is 0.416 e. The maximum atomic E-state index is 13.6. The van der Waals surface area contributed by atoms with Crippen LogP contribution in [0.25, 0.3) is 5.69 Å². The Labute approximate surface area is 256 Å². The van der Waals surface area contributed by atoms with E-state index in [0.29, 0.717) is 27.4 Å². The zero-order chi connectivity index (χ0) is 32.4. The number of halogens is 5. The van der Waals surface area contributed by atoms with Crippen LogP contribution in [0.2, 0.25) is 5.02 Å². The minimum Gasteiger partial charge on any atom is -0.454 e. The van der Waals surface area contributed by atoms with Gasteiger partial charge in [0.15, 0.2) is 6.61 Å². The van der Waals surface area contributed by atoms with Gasteiger partial charge >= 0.3 is 12.1 Å². The molecular formula is C31H25ClF4N2O5S. The van der Waals surface area contributed by atoms with Gasteiger partial charge in [0.2, 0.25) is 5.78 Å². The molecule has 0 atom stereocenters. The van der Waals surface area contributed by atoms with E-state index < -0.39 is 57.4 Å². The molecule has 4 rings (SSSR count). The van der Waals surface area contributed by atoms with Crippen molar-refractivity contribution < 1.29 is 40.3 Å². The number of hydrogen-bond donors (Lipinski definition) is 0. The number of rotatable bonds is 10. The lowest BCUT2D eigenvalue weighted by Gasteiger charge is -2.24. The number of esters is 1. The maximum Gasteiger partial charge on any atom is 0.416 e. The van der Waals surface area contributed by atoms with Gasteiger partial charge < -0.3 is 9.30 Å². The normalized spacial score (nSPS) is 11.7. The van der Waals surface area contributed by atoms with Crippen molar-refractivity contribution in [2.24, 2.45) is 0 Å². The van der Waals surface area contributed by atoms with Gasteiger partial charge in [0.1, 0.15) is 10.7 Å². The predicted octanol–water partition coefficient (Wildman–Crippen LogP) is 7.33. The molecular weight excluding hydrogens is 624 g/mol. The number of carbonyl (C=O) groups is 2. The maximum absolute atomic E-state index is 13.6. The Morgan fingerprint density at radius 1 is 1.02 bits per heavy atom. The molecule has 0 amide bonds. The molecule has 0 radical (unpaired) electrons. The topological polar surface area (TPSA) is 85.7 Å². The average molecular weight is 649 g/mol. The van der Waals surface area contributed by atoms with Gasteiger partial charge in [-0.3, -0.25) is 9.10 Å². The molecule has 44 heavy (non-hydrogen) atoms. The number of Topliss-reactive ketones (excluding diaryl/α,β-unsaturated/α-hetero) is 1. The number of hydrogen-bond acceptors (Lipinski definition) is 5. The highest BCUT2D eigenvalue weighted by Crippen LogP contribution is 2.34. The minimum absolute atomic E-state index is 0.264. The molecule has 0 fully saturated rings. The first kappa shape index (κ1) is 32.5. The number of aromatic nitrogens is 1. The summed E-state index contributed by atoms with van der Waals surface area (Å²) in [6, 6.07) is 14.2. The average Bonchev–Trinajstić information content (AvgIpc) is 3.28. The van der Waals surface area contributed by atoms with Crippen molar-refractivity contribution in [1.82, 2.24) is 4.57 Å². The number of benzene rings is 3. The molecule has 4 aromatic rings. The van der Waals surface area contributed by atoms with Crippen LogP contribution in [0, 0.1) is 19.7 Å².